The zero-order valence-corrected chi connectivity index (χ0v) is 10.7. The Morgan fingerprint density at radius 3 is 2.88 bits per heavy atom. The second kappa shape index (κ2) is 6.08. The molecule has 0 amide bonds. The number of hydrogen-bond acceptors (Lipinski definition) is 4. The first-order valence-electron chi connectivity index (χ1n) is 4.67. The molecule has 0 aliphatic heterocycles. The lowest BCUT2D eigenvalue weighted by Gasteiger charge is -2.08. The highest BCUT2D eigenvalue weighted by molar-refractivity contribution is 7.99. The lowest BCUT2D eigenvalue weighted by molar-refractivity contribution is 0.0696. The summed E-state index contributed by atoms with van der Waals surface area (Å²) in [5.74, 6) is -0.164. The Bertz CT molecular complexity index is 385. The molecule has 0 spiro atoms. The monoisotopic (exact) mass is 260 g/mol. The van der Waals surface area contributed by atoms with Crippen molar-refractivity contribution in [2.75, 3.05) is 26.4 Å². The molecule has 0 aromatic carbocycles. The number of hydrogen-bond donors (Lipinski definition) is 1. The molecule has 1 aromatic heterocycles. The second-order valence-corrected chi connectivity index (χ2v) is 4.98. The minimum Gasteiger partial charge on any atom is -0.478 e. The molecule has 0 saturated carbocycles. The van der Waals surface area contributed by atoms with E-state index in [9.17, 15) is 4.79 Å². The van der Waals surface area contributed by atoms with Crippen LogP contribution in [-0.2, 0) is 0 Å². The van der Waals surface area contributed by atoms with Gasteiger partial charge in [-0.05, 0) is 20.2 Å². The van der Waals surface area contributed by atoms with E-state index < -0.39 is 5.97 Å². The lowest BCUT2D eigenvalue weighted by Crippen LogP contribution is -2.14. The number of carboxylic acids is 1. The molecule has 1 rings (SSSR count). The van der Waals surface area contributed by atoms with Gasteiger partial charge in [0, 0.05) is 18.5 Å². The average molecular weight is 261 g/mol. The highest BCUT2D eigenvalue weighted by atomic mass is 35.5. The lowest BCUT2D eigenvalue weighted by atomic mass is 10.3. The van der Waals surface area contributed by atoms with Crippen LogP contribution < -0.4 is 0 Å². The Morgan fingerprint density at radius 2 is 2.31 bits per heavy atom. The van der Waals surface area contributed by atoms with Crippen molar-refractivity contribution in [1.82, 2.24) is 9.88 Å². The molecule has 0 atom stereocenters. The molecular weight excluding hydrogens is 248 g/mol. The normalized spacial score (nSPS) is 10.8. The van der Waals surface area contributed by atoms with Crippen molar-refractivity contribution in [3.63, 3.8) is 0 Å². The van der Waals surface area contributed by atoms with Crippen LogP contribution in [0.5, 0.6) is 0 Å². The predicted molar refractivity (Wildman–Crippen MR) is 65.5 cm³/mol. The Labute approximate surface area is 104 Å². The topological polar surface area (TPSA) is 53.4 Å². The van der Waals surface area contributed by atoms with Crippen LogP contribution in [0.3, 0.4) is 0 Å². The zero-order chi connectivity index (χ0) is 12.1. The summed E-state index contributed by atoms with van der Waals surface area (Å²) in [7, 11) is 3.97. The quantitative estimate of drug-likeness (QED) is 0.822. The Hall–Kier alpha value is -0.780. The van der Waals surface area contributed by atoms with Crippen molar-refractivity contribution >= 4 is 29.3 Å². The van der Waals surface area contributed by atoms with Gasteiger partial charge in [0.15, 0.2) is 0 Å². The van der Waals surface area contributed by atoms with Gasteiger partial charge in [0.25, 0.3) is 0 Å². The van der Waals surface area contributed by atoms with E-state index in [4.69, 9.17) is 16.7 Å². The fourth-order valence-electron chi connectivity index (χ4n) is 0.995. The maximum Gasteiger partial charge on any atom is 0.337 e. The first-order valence-corrected chi connectivity index (χ1v) is 6.03. The summed E-state index contributed by atoms with van der Waals surface area (Å²) in [4.78, 5) is 17.0. The van der Waals surface area contributed by atoms with Crippen LogP contribution in [0.15, 0.2) is 17.3 Å². The van der Waals surface area contributed by atoms with E-state index in [2.05, 4.69) is 9.88 Å². The summed E-state index contributed by atoms with van der Waals surface area (Å²) in [6, 6.07) is 1.50. The van der Waals surface area contributed by atoms with Crippen molar-refractivity contribution in [3.05, 3.63) is 22.8 Å². The van der Waals surface area contributed by atoms with Gasteiger partial charge in [-0.1, -0.05) is 11.6 Å². The van der Waals surface area contributed by atoms with Crippen molar-refractivity contribution in [2.45, 2.75) is 5.03 Å². The first-order chi connectivity index (χ1) is 7.50. The van der Waals surface area contributed by atoms with E-state index in [1.165, 1.54) is 24.0 Å². The summed E-state index contributed by atoms with van der Waals surface area (Å²) in [6.07, 6.45) is 1.38. The van der Waals surface area contributed by atoms with Crippen LogP contribution in [-0.4, -0.2) is 47.4 Å². The Morgan fingerprint density at radius 1 is 1.62 bits per heavy atom. The molecule has 0 aliphatic carbocycles. The molecular formula is C10H13ClN2O2S. The van der Waals surface area contributed by atoms with Gasteiger partial charge in [-0.3, -0.25) is 0 Å². The van der Waals surface area contributed by atoms with Gasteiger partial charge in [-0.2, -0.15) is 0 Å². The molecule has 0 radical (unpaired) electrons. The number of pyridine rings is 1. The van der Waals surface area contributed by atoms with Crippen molar-refractivity contribution < 1.29 is 9.90 Å². The van der Waals surface area contributed by atoms with E-state index in [-0.39, 0.29) is 10.6 Å². The molecule has 0 aliphatic rings. The summed E-state index contributed by atoms with van der Waals surface area (Å²) >= 11 is 7.23. The van der Waals surface area contributed by atoms with Gasteiger partial charge in [0.1, 0.15) is 0 Å². The molecule has 0 bridgehead atoms. The third-order valence-electron chi connectivity index (χ3n) is 1.85. The standard InChI is InChI=1S/C10H13ClN2O2S/c1-13(2)3-4-16-9-5-7(10(14)15)8(11)6-12-9/h5-6H,3-4H2,1-2H3,(H,14,15). The third-order valence-corrected chi connectivity index (χ3v) is 3.06. The van der Waals surface area contributed by atoms with Gasteiger partial charge in [-0.25, -0.2) is 9.78 Å². The Kier molecular flexibility index (Phi) is 5.05. The maximum atomic E-state index is 10.8. The van der Waals surface area contributed by atoms with Crippen LogP contribution in [0.25, 0.3) is 0 Å². The molecule has 1 heterocycles. The number of carboxylic acid groups (broad SMARTS) is 1. The maximum absolute atomic E-state index is 10.8. The number of nitrogens with zero attached hydrogens (tertiary/aromatic N) is 2. The number of aromatic carboxylic acids is 1. The van der Waals surface area contributed by atoms with E-state index in [0.717, 1.165) is 12.3 Å². The molecule has 88 valence electrons. The van der Waals surface area contributed by atoms with Crippen LogP contribution in [0.1, 0.15) is 10.4 Å². The van der Waals surface area contributed by atoms with Gasteiger partial charge >= 0.3 is 5.97 Å². The minimum atomic E-state index is -1.03. The summed E-state index contributed by atoms with van der Waals surface area (Å²) in [5, 5.41) is 9.73. The summed E-state index contributed by atoms with van der Waals surface area (Å²) < 4.78 is 0. The second-order valence-electron chi connectivity index (χ2n) is 3.46. The van der Waals surface area contributed by atoms with Crippen molar-refractivity contribution in [1.29, 1.82) is 0 Å². The first kappa shape index (κ1) is 13.3. The minimum absolute atomic E-state index is 0.101. The molecule has 0 unspecified atom stereocenters. The van der Waals surface area contributed by atoms with Crippen molar-refractivity contribution in [2.24, 2.45) is 0 Å². The van der Waals surface area contributed by atoms with E-state index in [1.807, 2.05) is 14.1 Å². The number of rotatable bonds is 5. The smallest absolute Gasteiger partial charge is 0.337 e. The predicted octanol–water partition coefficient (Wildman–Crippen LogP) is 2.09. The van der Waals surface area contributed by atoms with E-state index in [1.54, 1.807) is 0 Å². The summed E-state index contributed by atoms with van der Waals surface area (Å²) in [6.45, 7) is 0.914. The number of aromatic nitrogens is 1. The molecule has 1 N–H and O–H groups in total. The molecule has 16 heavy (non-hydrogen) atoms. The zero-order valence-electron chi connectivity index (χ0n) is 9.11. The summed E-state index contributed by atoms with van der Waals surface area (Å²) in [5.41, 5.74) is 0.101. The number of thioether (sulfide) groups is 1. The van der Waals surface area contributed by atoms with Gasteiger partial charge < -0.3 is 10.0 Å². The van der Waals surface area contributed by atoms with Crippen LogP contribution in [0, 0.1) is 0 Å². The molecule has 4 nitrogen and oxygen atoms in total. The fraction of sp³-hybridized carbons (Fsp3) is 0.400. The average Bonchev–Trinajstić information content (AvgIpc) is 2.19. The SMILES string of the molecule is CN(C)CCSc1cc(C(=O)O)c(Cl)cn1. The number of carbonyl (C=O) groups is 1. The third kappa shape index (κ3) is 4.00. The highest BCUT2D eigenvalue weighted by Crippen LogP contribution is 2.21. The van der Waals surface area contributed by atoms with Crippen LogP contribution in [0.2, 0.25) is 5.02 Å². The van der Waals surface area contributed by atoms with Gasteiger partial charge in [0.2, 0.25) is 0 Å². The van der Waals surface area contributed by atoms with E-state index in [0.29, 0.717) is 5.03 Å². The molecule has 1 aromatic rings. The van der Waals surface area contributed by atoms with Crippen molar-refractivity contribution in [3.8, 4) is 0 Å². The molecule has 0 saturated heterocycles. The van der Waals surface area contributed by atoms with Gasteiger partial charge in [0.05, 0.1) is 15.6 Å². The number of halogens is 1. The fourth-order valence-corrected chi connectivity index (χ4v) is 2.17. The van der Waals surface area contributed by atoms with Gasteiger partial charge in [-0.15, -0.1) is 11.8 Å². The molecule has 0 fully saturated rings. The highest BCUT2D eigenvalue weighted by Gasteiger charge is 2.10. The largest absolute Gasteiger partial charge is 0.478 e. The van der Waals surface area contributed by atoms with E-state index >= 15 is 0 Å². The molecule has 6 heteroatoms. The Balaban J connectivity index is 2.68. The van der Waals surface area contributed by atoms with Crippen LogP contribution >= 0.6 is 23.4 Å². The van der Waals surface area contributed by atoms with Crippen LogP contribution in [0.4, 0.5) is 0 Å².